The number of hydrogen-bond donors (Lipinski definition) is 1. The fraction of sp³-hybridized carbons (Fsp3) is 0.300. The van der Waals surface area contributed by atoms with E-state index in [0.717, 1.165) is 56.8 Å². The van der Waals surface area contributed by atoms with E-state index in [4.69, 9.17) is 18.6 Å². The summed E-state index contributed by atoms with van der Waals surface area (Å²) in [6, 6.07) is 22.0. The van der Waals surface area contributed by atoms with Gasteiger partial charge in [0.15, 0.2) is 16.8 Å². The molecule has 0 saturated carbocycles. The topological polar surface area (TPSA) is 81.4 Å². The molecule has 4 aromatic rings. The van der Waals surface area contributed by atoms with Crippen LogP contribution in [0.25, 0.3) is 22.3 Å². The van der Waals surface area contributed by atoms with Gasteiger partial charge in [0.25, 0.3) is 0 Å². The lowest BCUT2D eigenvalue weighted by molar-refractivity contribution is 0.0367. The number of ether oxygens (including phenoxy) is 3. The summed E-state index contributed by atoms with van der Waals surface area (Å²) < 4.78 is 23.9. The molecule has 7 heteroatoms. The van der Waals surface area contributed by atoms with Crippen LogP contribution in [-0.2, 0) is 11.3 Å². The summed E-state index contributed by atoms with van der Waals surface area (Å²) >= 11 is 0. The molecule has 37 heavy (non-hydrogen) atoms. The number of rotatable bonds is 10. The monoisotopic (exact) mass is 501 g/mol. The van der Waals surface area contributed by atoms with Crippen molar-refractivity contribution in [2.24, 2.45) is 0 Å². The van der Waals surface area contributed by atoms with E-state index in [1.807, 2.05) is 60.7 Å². The number of aromatic hydroxyl groups is 1. The number of nitrogens with zero attached hydrogens (tertiary/aromatic N) is 1. The Hall–Kier alpha value is -3.81. The fourth-order valence-electron chi connectivity index (χ4n) is 4.43. The minimum atomic E-state index is -0.343. The largest absolute Gasteiger partial charge is 0.507 e. The maximum atomic E-state index is 13.1. The molecule has 5 rings (SSSR count). The number of hydrogen-bond acceptors (Lipinski definition) is 7. The zero-order valence-electron chi connectivity index (χ0n) is 20.7. The summed E-state index contributed by atoms with van der Waals surface area (Å²) in [7, 11) is 0. The fourth-order valence-corrected chi connectivity index (χ4v) is 4.43. The van der Waals surface area contributed by atoms with Gasteiger partial charge >= 0.3 is 0 Å². The molecule has 0 aliphatic carbocycles. The highest BCUT2D eigenvalue weighted by Crippen LogP contribution is 2.41. The van der Waals surface area contributed by atoms with E-state index < -0.39 is 0 Å². The van der Waals surface area contributed by atoms with E-state index >= 15 is 0 Å². The first-order valence-electron chi connectivity index (χ1n) is 12.7. The molecule has 0 bridgehead atoms. The molecule has 0 atom stereocenters. The molecule has 0 amide bonds. The van der Waals surface area contributed by atoms with Crippen LogP contribution in [0.15, 0.2) is 82.0 Å². The van der Waals surface area contributed by atoms with E-state index in [2.05, 4.69) is 4.90 Å². The van der Waals surface area contributed by atoms with Crippen molar-refractivity contribution in [1.29, 1.82) is 0 Å². The molecule has 2 heterocycles. The first-order valence-corrected chi connectivity index (χ1v) is 12.7. The van der Waals surface area contributed by atoms with Crippen molar-refractivity contribution < 1.29 is 23.7 Å². The van der Waals surface area contributed by atoms with Crippen LogP contribution in [0.1, 0.15) is 18.4 Å². The highest BCUT2D eigenvalue weighted by atomic mass is 16.5. The van der Waals surface area contributed by atoms with Crippen LogP contribution in [0.2, 0.25) is 0 Å². The SMILES string of the molecule is O=c1cc(-c2ccccc2)oc2c(OCCCCN3CCOCC3)c(OCc3ccccc3)cc(O)c12. The molecule has 192 valence electrons. The molecular weight excluding hydrogens is 470 g/mol. The maximum Gasteiger partial charge on any atom is 0.205 e. The van der Waals surface area contributed by atoms with Crippen molar-refractivity contribution in [2.75, 3.05) is 39.5 Å². The quantitative estimate of drug-likeness (QED) is 0.298. The highest BCUT2D eigenvalue weighted by molar-refractivity contribution is 5.91. The number of fused-ring (bicyclic) bond motifs is 1. The van der Waals surface area contributed by atoms with Crippen molar-refractivity contribution in [1.82, 2.24) is 4.90 Å². The van der Waals surface area contributed by atoms with Crippen molar-refractivity contribution in [3.8, 4) is 28.6 Å². The van der Waals surface area contributed by atoms with Gasteiger partial charge in [-0.3, -0.25) is 9.69 Å². The molecule has 1 N–H and O–H groups in total. The molecule has 3 aromatic carbocycles. The Kier molecular flexibility index (Phi) is 8.03. The molecule has 0 unspecified atom stereocenters. The molecular formula is C30H31NO6. The zero-order chi connectivity index (χ0) is 25.5. The second-order valence-electron chi connectivity index (χ2n) is 9.05. The molecule has 1 aliphatic rings. The summed E-state index contributed by atoms with van der Waals surface area (Å²) in [5.41, 5.74) is 1.57. The van der Waals surface area contributed by atoms with E-state index in [1.54, 1.807) is 0 Å². The summed E-state index contributed by atoms with van der Waals surface area (Å²) in [6.45, 7) is 5.14. The van der Waals surface area contributed by atoms with E-state index in [0.29, 0.717) is 23.9 Å². The van der Waals surface area contributed by atoms with Gasteiger partial charge in [0.1, 0.15) is 23.5 Å². The second kappa shape index (κ2) is 12.0. The van der Waals surface area contributed by atoms with E-state index in [1.165, 1.54) is 12.1 Å². The van der Waals surface area contributed by atoms with Crippen molar-refractivity contribution in [2.45, 2.75) is 19.4 Å². The van der Waals surface area contributed by atoms with Crippen LogP contribution in [0, 0.1) is 0 Å². The lowest BCUT2D eigenvalue weighted by Crippen LogP contribution is -2.36. The minimum Gasteiger partial charge on any atom is -0.507 e. The number of phenols is 1. The normalized spacial score (nSPS) is 14.1. The molecule has 0 spiro atoms. The van der Waals surface area contributed by atoms with Gasteiger partial charge in [-0.05, 0) is 24.9 Å². The third-order valence-corrected chi connectivity index (χ3v) is 6.42. The van der Waals surface area contributed by atoms with Crippen LogP contribution in [0.4, 0.5) is 0 Å². The number of morpholine rings is 1. The van der Waals surface area contributed by atoms with E-state index in [9.17, 15) is 9.90 Å². The first-order chi connectivity index (χ1) is 18.2. The number of unbranched alkanes of at least 4 members (excludes halogenated alkanes) is 1. The van der Waals surface area contributed by atoms with Gasteiger partial charge in [0.05, 0.1) is 19.8 Å². The van der Waals surface area contributed by atoms with Crippen LogP contribution >= 0.6 is 0 Å². The standard InChI is InChI=1S/C30H31NO6/c32-24-19-26(23-11-5-2-6-12-23)37-30-28(24)25(33)20-27(36-21-22-9-3-1-4-10-22)29(30)35-16-8-7-13-31-14-17-34-18-15-31/h1-6,9-12,19-20,33H,7-8,13-18,21H2. The molecule has 1 saturated heterocycles. The minimum absolute atomic E-state index is 0.0788. The van der Waals surface area contributed by atoms with Crippen molar-refractivity contribution >= 4 is 11.0 Å². The Balaban J connectivity index is 1.43. The highest BCUT2D eigenvalue weighted by Gasteiger charge is 2.21. The molecule has 1 fully saturated rings. The predicted molar refractivity (Wildman–Crippen MR) is 142 cm³/mol. The Morgan fingerprint density at radius 3 is 2.38 bits per heavy atom. The average molecular weight is 502 g/mol. The molecule has 1 aromatic heterocycles. The first kappa shape index (κ1) is 24.9. The van der Waals surface area contributed by atoms with Gasteiger partial charge in [-0.15, -0.1) is 0 Å². The van der Waals surface area contributed by atoms with Crippen LogP contribution in [0.3, 0.4) is 0 Å². The van der Waals surface area contributed by atoms with Crippen LogP contribution in [-0.4, -0.2) is 49.5 Å². The molecule has 7 nitrogen and oxygen atoms in total. The third kappa shape index (κ3) is 6.13. The number of phenolic OH excluding ortho intramolecular Hbond substituents is 1. The van der Waals surface area contributed by atoms with Gasteiger partial charge in [-0.1, -0.05) is 60.7 Å². The maximum absolute atomic E-state index is 13.1. The van der Waals surface area contributed by atoms with Gasteiger partial charge in [0.2, 0.25) is 5.75 Å². The van der Waals surface area contributed by atoms with Crippen LogP contribution in [0.5, 0.6) is 17.2 Å². The third-order valence-electron chi connectivity index (χ3n) is 6.42. The van der Waals surface area contributed by atoms with Gasteiger partial charge in [-0.2, -0.15) is 0 Å². The zero-order valence-corrected chi connectivity index (χ0v) is 20.7. The van der Waals surface area contributed by atoms with Gasteiger partial charge in [0, 0.05) is 30.8 Å². The predicted octanol–water partition coefficient (Wildman–Crippen LogP) is 5.24. The Morgan fingerprint density at radius 1 is 0.892 bits per heavy atom. The Morgan fingerprint density at radius 2 is 1.62 bits per heavy atom. The molecule has 1 aliphatic heterocycles. The average Bonchev–Trinajstić information content (AvgIpc) is 2.94. The summed E-state index contributed by atoms with van der Waals surface area (Å²) in [5.74, 6) is 0.848. The van der Waals surface area contributed by atoms with Crippen LogP contribution < -0.4 is 14.9 Å². The van der Waals surface area contributed by atoms with Gasteiger partial charge in [-0.25, -0.2) is 0 Å². The smallest absolute Gasteiger partial charge is 0.205 e. The lowest BCUT2D eigenvalue weighted by Gasteiger charge is -2.26. The summed E-state index contributed by atoms with van der Waals surface area (Å²) in [4.78, 5) is 15.4. The Bertz CT molecular complexity index is 1360. The van der Waals surface area contributed by atoms with E-state index in [-0.39, 0.29) is 28.8 Å². The van der Waals surface area contributed by atoms with Gasteiger partial charge < -0.3 is 23.7 Å². The van der Waals surface area contributed by atoms with Crippen molar-refractivity contribution in [3.05, 3.63) is 88.6 Å². The summed E-state index contributed by atoms with van der Waals surface area (Å²) in [5, 5.41) is 10.8. The molecule has 0 radical (unpaired) electrons. The number of benzene rings is 3. The Labute approximate surface area is 215 Å². The lowest BCUT2D eigenvalue weighted by atomic mass is 10.1. The summed E-state index contributed by atoms with van der Waals surface area (Å²) in [6.07, 6.45) is 1.79. The second-order valence-corrected chi connectivity index (χ2v) is 9.05. The van der Waals surface area contributed by atoms with Crippen molar-refractivity contribution in [3.63, 3.8) is 0 Å².